The molecular formula is C24H25N3O3S. The second-order valence-electron chi connectivity index (χ2n) is 7.44. The number of hydrogen-bond acceptors (Lipinski definition) is 5. The number of thiazole rings is 1. The highest BCUT2D eigenvalue weighted by Crippen LogP contribution is 2.24. The molecule has 4 rings (SSSR count). The molecule has 1 fully saturated rings. The summed E-state index contributed by atoms with van der Waals surface area (Å²) in [5, 5.41) is 6.00. The molecule has 1 saturated heterocycles. The van der Waals surface area contributed by atoms with Gasteiger partial charge in [-0.05, 0) is 31.0 Å². The third kappa shape index (κ3) is 4.94. The van der Waals surface area contributed by atoms with Crippen LogP contribution < -0.4 is 10.1 Å². The minimum atomic E-state index is -0.436. The van der Waals surface area contributed by atoms with E-state index in [2.05, 4.69) is 10.3 Å². The molecule has 1 N–H and O–H groups in total. The number of aromatic nitrogens is 1. The molecule has 2 amide bonds. The molecule has 1 aliphatic heterocycles. The zero-order valence-corrected chi connectivity index (χ0v) is 18.2. The number of methoxy groups -OCH3 is 1. The molecule has 1 aliphatic rings. The fourth-order valence-corrected chi connectivity index (χ4v) is 4.63. The van der Waals surface area contributed by atoms with Gasteiger partial charge in [0.1, 0.15) is 16.8 Å². The number of benzene rings is 2. The van der Waals surface area contributed by atoms with Crippen LogP contribution >= 0.6 is 11.3 Å². The van der Waals surface area contributed by atoms with Gasteiger partial charge < -0.3 is 15.0 Å². The SMILES string of the molecule is COc1cccc(C(=O)N2CCCC2C(=O)NCCc2csc(-c3ccccc3)n2)c1. The Bertz CT molecular complexity index is 1050. The highest BCUT2D eigenvalue weighted by atomic mass is 32.1. The summed E-state index contributed by atoms with van der Waals surface area (Å²) in [7, 11) is 1.57. The summed E-state index contributed by atoms with van der Waals surface area (Å²) in [5.41, 5.74) is 2.59. The van der Waals surface area contributed by atoms with Crippen molar-refractivity contribution >= 4 is 23.2 Å². The summed E-state index contributed by atoms with van der Waals surface area (Å²) in [4.78, 5) is 32.1. The second-order valence-corrected chi connectivity index (χ2v) is 8.30. The maximum atomic E-state index is 12.9. The van der Waals surface area contributed by atoms with Gasteiger partial charge in [0, 0.05) is 36.0 Å². The molecule has 2 heterocycles. The number of rotatable bonds is 7. The van der Waals surface area contributed by atoms with Crippen LogP contribution in [0.15, 0.2) is 60.0 Å². The summed E-state index contributed by atoms with van der Waals surface area (Å²) in [6.45, 7) is 1.08. The first-order chi connectivity index (χ1) is 15.2. The lowest BCUT2D eigenvalue weighted by Gasteiger charge is -2.24. The largest absolute Gasteiger partial charge is 0.497 e. The van der Waals surface area contributed by atoms with Crippen LogP contribution in [0.3, 0.4) is 0 Å². The summed E-state index contributed by atoms with van der Waals surface area (Å²) in [5.74, 6) is 0.389. The number of carbonyl (C=O) groups is 2. The first kappa shape index (κ1) is 21.1. The number of nitrogens with zero attached hydrogens (tertiary/aromatic N) is 2. The van der Waals surface area contributed by atoms with Crippen molar-refractivity contribution in [2.24, 2.45) is 0 Å². The Labute approximate surface area is 185 Å². The van der Waals surface area contributed by atoms with Gasteiger partial charge in [-0.2, -0.15) is 0 Å². The quantitative estimate of drug-likeness (QED) is 0.613. The fourth-order valence-electron chi connectivity index (χ4n) is 3.77. The Morgan fingerprint density at radius 1 is 1.19 bits per heavy atom. The van der Waals surface area contributed by atoms with Crippen molar-refractivity contribution < 1.29 is 14.3 Å². The van der Waals surface area contributed by atoms with E-state index in [0.29, 0.717) is 37.2 Å². The van der Waals surface area contributed by atoms with Gasteiger partial charge in [-0.1, -0.05) is 36.4 Å². The molecule has 6 nitrogen and oxygen atoms in total. The van der Waals surface area contributed by atoms with Crippen LogP contribution in [0.2, 0.25) is 0 Å². The summed E-state index contributed by atoms with van der Waals surface area (Å²) in [6, 6.07) is 16.7. The van der Waals surface area contributed by atoms with Crippen molar-refractivity contribution in [1.29, 1.82) is 0 Å². The maximum absolute atomic E-state index is 12.9. The molecular weight excluding hydrogens is 410 g/mol. The number of nitrogens with one attached hydrogen (secondary N) is 1. The molecule has 1 aromatic heterocycles. The van der Waals surface area contributed by atoms with Gasteiger partial charge in [-0.3, -0.25) is 9.59 Å². The van der Waals surface area contributed by atoms with Gasteiger partial charge in [0.2, 0.25) is 5.91 Å². The molecule has 160 valence electrons. The van der Waals surface area contributed by atoms with Gasteiger partial charge in [-0.25, -0.2) is 4.98 Å². The van der Waals surface area contributed by atoms with Crippen LogP contribution in [0.4, 0.5) is 0 Å². The standard InChI is InChI=1S/C24H25N3O3S/c1-30-20-10-5-9-18(15-20)24(29)27-14-6-11-21(27)22(28)25-13-12-19-16-31-23(26-19)17-7-3-2-4-8-17/h2-5,7-10,15-16,21H,6,11-14H2,1H3,(H,25,28). The Morgan fingerprint density at radius 2 is 2.03 bits per heavy atom. The molecule has 0 aliphatic carbocycles. The first-order valence-electron chi connectivity index (χ1n) is 10.4. The normalized spacial score (nSPS) is 15.6. The van der Waals surface area contributed by atoms with E-state index in [0.717, 1.165) is 22.7 Å². The van der Waals surface area contributed by atoms with Crippen LogP contribution in [0.25, 0.3) is 10.6 Å². The number of hydrogen-bond donors (Lipinski definition) is 1. The van der Waals surface area contributed by atoms with Crippen LogP contribution in [-0.2, 0) is 11.2 Å². The topological polar surface area (TPSA) is 71.5 Å². The molecule has 0 radical (unpaired) electrons. The highest BCUT2D eigenvalue weighted by molar-refractivity contribution is 7.13. The Balaban J connectivity index is 1.33. The lowest BCUT2D eigenvalue weighted by Crippen LogP contribution is -2.46. The Kier molecular flexibility index (Phi) is 6.62. The van der Waals surface area contributed by atoms with Crippen LogP contribution in [-0.4, -0.2) is 47.9 Å². The smallest absolute Gasteiger partial charge is 0.254 e. The van der Waals surface area contributed by atoms with Crippen molar-refractivity contribution in [3.63, 3.8) is 0 Å². The van der Waals surface area contributed by atoms with Crippen molar-refractivity contribution in [3.8, 4) is 16.3 Å². The predicted octanol–water partition coefficient (Wildman–Crippen LogP) is 3.78. The second kappa shape index (κ2) is 9.75. The zero-order chi connectivity index (χ0) is 21.6. The zero-order valence-electron chi connectivity index (χ0n) is 17.4. The van der Waals surface area contributed by atoms with Gasteiger partial charge in [0.05, 0.1) is 12.8 Å². The van der Waals surface area contributed by atoms with E-state index in [4.69, 9.17) is 4.74 Å². The predicted molar refractivity (Wildman–Crippen MR) is 121 cm³/mol. The number of ether oxygens (including phenoxy) is 1. The first-order valence-corrected chi connectivity index (χ1v) is 11.3. The number of amides is 2. The van der Waals surface area contributed by atoms with Crippen LogP contribution in [0, 0.1) is 0 Å². The third-order valence-electron chi connectivity index (χ3n) is 5.39. The monoisotopic (exact) mass is 435 g/mol. The third-order valence-corrected chi connectivity index (χ3v) is 6.33. The van der Waals surface area contributed by atoms with Gasteiger partial charge in [0.15, 0.2) is 0 Å². The van der Waals surface area contributed by atoms with Crippen LogP contribution in [0.1, 0.15) is 28.9 Å². The van der Waals surface area contributed by atoms with Gasteiger partial charge in [0.25, 0.3) is 5.91 Å². The maximum Gasteiger partial charge on any atom is 0.254 e. The summed E-state index contributed by atoms with van der Waals surface area (Å²) >= 11 is 1.60. The minimum absolute atomic E-state index is 0.104. The van der Waals surface area contributed by atoms with Crippen molar-refractivity contribution in [1.82, 2.24) is 15.2 Å². The number of carbonyl (C=O) groups excluding carboxylic acids is 2. The Morgan fingerprint density at radius 3 is 2.84 bits per heavy atom. The molecule has 2 aromatic carbocycles. The van der Waals surface area contributed by atoms with E-state index in [-0.39, 0.29) is 11.8 Å². The molecule has 0 spiro atoms. The molecule has 3 aromatic rings. The van der Waals surface area contributed by atoms with E-state index in [1.807, 2.05) is 35.7 Å². The van der Waals surface area contributed by atoms with Crippen molar-refractivity contribution in [2.75, 3.05) is 20.2 Å². The minimum Gasteiger partial charge on any atom is -0.497 e. The molecule has 0 saturated carbocycles. The molecule has 31 heavy (non-hydrogen) atoms. The van der Waals surface area contributed by atoms with E-state index >= 15 is 0 Å². The summed E-state index contributed by atoms with van der Waals surface area (Å²) < 4.78 is 5.21. The van der Waals surface area contributed by atoms with Gasteiger partial charge in [-0.15, -0.1) is 11.3 Å². The van der Waals surface area contributed by atoms with Crippen molar-refractivity contribution in [2.45, 2.75) is 25.3 Å². The summed E-state index contributed by atoms with van der Waals surface area (Å²) in [6.07, 6.45) is 2.16. The van der Waals surface area contributed by atoms with E-state index < -0.39 is 6.04 Å². The average Bonchev–Trinajstić information content (AvgIpc) is 3.49. The lowest BCUT2D eigenvalue weighted by molar-refractivity contribution is -0.124. The number of likely N-dealkylation sites (tertiary alicyclic amines) is 1. The average molecular weight is 436 g/mol. The van der Waals surface area contributed by atoms with E-state index in [1.165, 1.54) is 0 Å². The Hall–Kier alpha value is -3.19. The van der Waals surface area contributed by atoms with Gasteiger partial charge >= 0.3 is 0 Å². The highest BCUT2D eigenvalue weighted by Gasteiger charge is 2.34. The molecule has 1 atom stereocenters. The fraction of sp³-hybridized carbons (Fsp3) is 0.292. The van der Waals surface area contributed by atoms with Crippen LogP contribution in [0.5, 0.6) is 5.75 Å². The van der Waals surface area contributed by atoms with E-state index in [9.17, 15) is 9.59 Å². The molecule has 1 unspecified atom stereocenters. The van der Waals surface area contributed by atoms with E-state index in [1.54, 1.807) is 47.6 Å². The van der Waals surface area contributed by atoms with Crippen molar-refractivity contribution in [3.05, 3.63) is 71.2 Å². The molecule has 7 heteroatoms. The lowest BCUT2D eigenvalue weighted by atomic mass is 10.1. The molecule has 0 bridgehead atoms.